The lowest BCUT2D eigenvalue weighted by molar-refractivity contribution is -0.109. The van der Waals surface area contributed by atoms with Crippen LogP contribution in [0, 0.1) is 0 Å². The summed E-state index contributed by atoms with van der Waals surface area (Å²) in [5.74, 6) is 0. The summed E-state index contributed by atoms with van der Waals surface area (Å²) in [6.07, 6.45) is 0.555. The van der Waals surface area contributed by atoms with E-state index in [2.05, 4.69) is 17.5 Å². The Balaban J connectivity index is 2.97. The van der Waals surface area contributed by atoms with Gasteiger partial charge in [0.2, 0.25) is 6.41 Å². The van der Waals surface area contributed by atoms with E-state index in [4.69, 9.17) is 5.73 Å². The molecule has 1 amide bonds. The molecule has 0 unspecified atom stereocenters. The zero-order valence-corrected chi connectivity index (χ0v) is 4.49. The summed E-state index contributed by atoms with van der Waals surface area (Å²) in [5, 5.41) is 2.30. The van der Waals surface area contributed by atoms with Crippen LogP contribution < -0.4 is 11.1 Å². The van der Waals surface area contributed by atoms with Crippen LogP contribution in [-0.2, 0) is 4.79 Å². The topological polar surface area (TPSA) is 55.1 Å². The Morgan fingerprint density at radius 3 is 2.71 bits per heavy atom. The molecule has 0 aliphatic carbocycles. The Hall–Kier alpha value is -0.640. The molecule has 0 heterocycles. The molecule has 0 radical (unpaired) electrons. The molecule has 0 aliphatic rings. The molecule has 0 aromatic rings. The van der Waals surface area contributed by atoms with Crippen molar-refractivity contribution in [2.45, 2.75) is 0 Å². The molecular weight excluding hydrogens is 112 g/mol. The van der Waals surface area contributed by atoms with Crippen molar-refractivity contribution < 1.29 is 4.79 Å². The Labute approximate surface area is 46.9 Å². The van der Waals surface area contributed by atoms with E-state index in [0.29, 0.717) is 17.9 Å². The van der Waals surface area contributed by atoms with E-state index in [1.165, 1.54) is 0 Å². The normalized spacial score (nSPS) is 7.43. The lowest BCUT2D eigenvalue weighted by Crippen LogP contribution is -2.25. The molecule has 4 heteroatoms. The molecule has 0 spiro atoms. The first-order valence-corrected chi connectivity index (χ1v) is 2.13. The Morgan fingerprint density at radius 2 is 2.57 bits per heavy atom. The summed E-state index contributed by atoms with van der Waals surface area (Å²) < 4.78 is 0. The Kier molecular flexibility index (Phi) is 3.22. The summed E-state index contributed by atoms with van der Waals surface area (Å²) in [4.78, 5) is 9.78. The van der Waals surface area contributed by atoms with Crippen LogP contribution >= 0.6 is 12.2 Å². The minimum absolute atomic E-state index is 0.291. The van der Waals surface area contributed by atoms with Gasteiger partial charge in [0.15, 0.2) is 0 Å². The molecule has 0 bridgehead atoms. The lowest BCUT2D eigenvalue weighted by Gasteiger charge is -1.90. The third-order valence-electron chi connectivity index (χ3n) is 0.360. The highest BCUT2D eigenvalue weighted by molar-refractivity contribution is 7.80. The van der Waals surface area contributed by atoms with Crippen molar-refractivity contribution >= 4 is 23.6 Å². The van der Waals surface area contributed by atoms with E-state index in [-0.39, 0.29) is 0 Å². The van der Waals surface area contributed by atoms with Gasteiger partial charge >= 0.3 is 0 Å². The van der Waals surface area contributed by atoms with Crippen molar-refractivity contribution in [3.8, 4) is 0 Å². The van der Waals surface area contributed by atoms with Gasteiger partial charge in [-0.1, -0.05) is 12.2 Å². The second-order valence-electron chi connectivity index (χ2n) is 0.965. The minimum atomic E-state index is 0.291. The van der Waals surface area contributed by atoms with Crippen molar-refractivity contribution in [1.82, 2.24) is 5.32 Å². The molecule has 0 aliphatic heterocycles. The highest BCUT2D eigenvalue weighted by atomic mass is 32.1. The van der Waals surface area contributed by atoms with Crippen LogP contribution in [-0.4, -0.2) is 17.9 Å². The van der Waals surface area contributed by atoms with Crippen LogP contribution in [0.2, 0.25) is 0 Å². The summed E-state index contributed by atoms with van der Waals surface area (Å²) in [7, 11) is 0. The number of rotatable bonds is 3. The van der Waals surface area contributed by atoms with Gasteiger partial charge in [-0.3, -0.25) is 4.79 Å². The van der Waals surface area contributed by atoms with E-state index >= 15 is 0 Å². The number of thiocarbonyl (C=S) groups is 1. The quantitative estimate of drug-likeness (QED) is 0.370. The predicted molar refractivity (Wildman–Crippen MR) is 30.9 cm³/mol. The standard InChI is InChI=1S/C3H6N2OS/c4-3(7)1-5-2-6/h2H,1H2,(H2,4,7)(H,5,6). The average Bonchev–Trinajstić information content (AvgIpc) is 1.61. The molecule has 7 heavy (non-hydrogen) atoms. The van der Waals surface area contributed by atoms with Gasteiger partial charge in [0, 0.05) is 0 Å². The molecule has 40 valence electrons. The second kappa shape index (κ2) is 3.55. The number of nitrogens with one attached hydrogen (secondary N) is 1. The first-order valence-electron chi connectivity index (χ1n) is 1.72. The van der Waals surface area contributed by atoms with Crippen molar-refractivity contribution in [1.29, 1.82) is 0 Å². The second-order valence-corrected chi connectivity index (χ2v) is 1.49. The van der Waals surface area contributed by atoms with E-state index in [1.54, 1.807) is 0 Å². The van der Waals surface area contributed by atoms with Crippen LogP contribution in [0.5, 0.6) is 0 Å². The maximum atomic E-state index is 9.48. The number of amides is 1. The van der Waals surface area contributed by atoms with Crippen LogP contribution in [0.3, 0.4) is 0 Å². The maximum absolute atomic E-state index is 9.48. The Bertz CT molecular complexity index is 83.0. The fourth-order valence-corrected chi connectivity index (χ4v) is 0.226. The molecule has 0 fully saturated rings. The van der Waals surface area contributed by atoms with Gasteiger partial charge in [-0.05, 0) is 0 Å². The zero-order valence-electron chi connectivity index (χ0n) is 3.68. The summed E-state index contributed by atoms with van der Waals surface area (Å²) in [5.41, 5.74) is 4.99. The van der Waals surface area contributed by atoms with Crippen LogP contribution in [0.4, 0.5) is 0 Å². The highest BCUT2D eigenvalue weighted by Crippen LogP contribution is 1.55. The molecule has 0 atom stereocenters. The molecule has 0 saturated carbocycles. The third-order valence-corrected chi connectivity index (χ3v) is 0.504. The largest absolute Gasteiger partial charge is 0.392 e. The van der Waals surface area contributed by atoms with Gasteiger partial charge in [-0.25, -0.2) is 0 Å². The number of nitrogens with two attached hydrogens (primary N) is 1. The van der Waals surface area contributed by atoms with Gasteiger partial charge in [0.05, 0.1) is 11.5 Å². The van der Waals surface area contributed by atoms with Crippen molar-refractivity contribution in [2.75, 3.05) is 6.54 Å². The number of hydrogen-bond acceptors (Lipinski definition) is 2. The average molecular weight is 118 g/mol. The number of carbonyl (C=O) groups excluding carboxylic acids is 1. The van der Waals surface area contributed by atoms with Crippen molar-refractivity contribution in [2.24, 2.45) is 5.73 Å². The van der Waals surface area contributed by atoms with Crippen molar-refractivity contribution in [3.05, 3.63) is 0 Å². The molecule has 0 rings (SSSR count). The monoisotopic (exact) mass is 118 g/mol. The molecule has 0 saturated heterocycles. The molecule has 0 aromatic heterocycles. The zero-order chi connectivity index (χ0) is 5.70. The maximum Gasteiger partial charge on any atom is 0.207 e. The van der Waals surface area contributed by atoms with Crippen LogP contribution in [0.1, 0.15) is 0 Å². The van der Waals surface area contributed by atoms with Gasteiger partial charge in [0.1, 0.15) is 0 Å². The first kappa shape index (κ1) is 6.36. The van der Waals surface area contributed by atoms with Gasteiger partial charge in [-0.15, -0.1) is 0 Å². The van der Waals surface area contributed by atoms with E-state index in [0.717, 1.165) is 0 Å². The number of hydrogen-bond donors (Lipinski definition) is 2. The number of carbonyl (C=O) groups is 1. The fourth-order valence-electron chi connectivity index (χ4n) is 0.142. The summed E-state index contributed by atoms with van der Waals surface area (Å²) in [6.45, 7) is 0.291. The molecular formula is C3H6N2OS. The predicted octanol–water partition coefficient (Wildman–Crippen LogP) is -0.982. The van der Waals surface area contributed by atoms with Gasteiger partial charge in [-0.2, -0.15) is 0 Å². The smallest absolute Gasteiger partial charge is 0.207 e. The summed E-state index contributed by atoms with van der Waals surface area (Å²) in [6, 6.07) is 0. The first-order chi connectivity index (χ1) is 3.27. The van der Waals surface area contributed by atoms with E-state index in [1.807, 2.05) is 0 Å². The summed E-state index contributed by atoms with van der Waals surface area (Å²) >= 11 is 4.42. The van der Waals surface area contributed by atoms with Gasteiger partial charge < -0.3 is 11.1 Å². The molecule has 3 N–H and O–H groups in total. The Morgan fingerprint density at radius 1 is 2.00 bits per heavy atom. The highest BCUT2D eigenvalue weighted by Gasteiger charge is 1.80. The van der Waals surface area contributed by atoms with E-state index in [9.17, 15) is 4.79 Å². The molecule has 0 aromatic carbocycles. The van der Waals surface area contributed by atoms with Gasteiger partial charge in [0.25, 0.3) is 0 Å². The van der Waals surface area contributed by atoms with Crippen LogP contribution in [0.15, 0.2) is 0 Å². The van der Waals surface area contributed by atoms with Crippen molar-refractivity contribution in [3.63, 3.8) is 0 Å². The fraction of sp³-hybridized carbons (Fsp3) is 0.333. The van der Waals surface area contributed by atoms with E-state index < -0.39 is 0 Å². The minimum Gasteiger partial charge on any atom is -0.392 e. The lowest BCUT2D eigenvalue weighted by atomic mass is 10.7. The molecule has 3 nitrogen and oxygen atoms in total. The SMILES string of the molecule is NC(=S)CNC=O. The van der Waals surface area contributed by atoms with Crippen LogP contribution in [0.25, 0.3) is 0 Å². The third kappa shape index (κ3) is 5.36.